The van der Waals surface area contributed by atoms with Gasteiger partial charge in [-0.3, -0.25) is 0 Å². The first kappa shape index (κ1) is 13.9. The Hall–Kier alpha value is -2.56. The van der Waals surface area contributed by atoms with Gasteiger partial charge in [0.05, 0.1) is 25.6 Å². The van der Waals surface area contributed by atoms with E-state index >= 15 is 0 Å². The zero-order valence-electron chi connectivity index (χ0n) is 11.6. The number of rotatable bonds is 5. The molecule has 0 atom stereocenters. The smallest absolute Gasteiger partial charge is 0.127 e. The van der Waals surface area contributed by atoms with Crippen molar-refractivity contribution in [1.29, 1.82) is 0 Å². The monoisotopic (exact) mass is 273 g/mol. The standard InChI is InChI=1S/C15H19N3O2/c1-19-12-5-3-10(15(8-12)20-2)9-18-11-4-6-13(16)14(17)7-11/h3-8,18H,9,16-17H2,1-2H3. The molecule has 2 rings (SSSR count). The molecule has 0 fully saturated rings. The van der Waals surface area contributed by atoms with E-state index in [0.717, 1.165) is 22.7 Å². The molecule has 5 N–H and O–H groups in total. The Labute approximate surface area is 118 Å². The van der Waals surface area contributed by atoms with E-state index in [1.165, 1.54) is 0 Å². The van der Waals surface area contributed by atoms with Crippen LogP contribution in [0.15, 0.2) is 36.4 Å². The van der Waals surface area contributed by atoms with E-state index in [1.54, 1.807) is 20.3 Å². The highest BCUT2D eigenvalue weighted by molar-refractivity contribution is 5.69. The average Bonchev–Trinajstić information content (AvgIpc) is 2.48. The van der Waals surface area contributed by atoms with Crippen LogP contribution in [-0.4, -0.2) is 14.2 Å². The molecule has 0 aliphatic carbocycles. The molecule has 0 radical (unpaired) electrons. The Morgan fingerprint density at radius 1 is 0.950 bits per heavy atom. The molecule has 0 aliphatic rings. The second kappa shape index (κ2) is 6.06. The van der Waals surface area contributed by atoms with Crippen LogP contribution in [0.1, 0.15) is 5.56 Å². The number of ether oxygens (including phenoxy) is 2. The van der Waals surface area contributed by atoms with Crippen molar-refractivity contribution in [2.45, 2.75) is 6.54 Å². The third kappa shape index (κ3) is 3.06. The Kier molecular flexibility index (Phi) is 4.20. The highest BCUT2D eigenvalue weighted by Crippen LogP contribution is 2.26. The molecular weight excluding hydrogens is 254 g/mol. The molecule has 0 unspecified atom stereocenters. The summed E-state index contributed by atoms with van der Waals surface area (Å²) in [6.45, 7) is 0.622. The van der Waals surface area contributed by atoms with Gasteiger partial charge < -0.3 is 26.3 Å². The van der Waals surface area contributed by atoms with Crippen molar-refractivity contribution in [2.24, 2.45) is 0 Å². The molecule has 20 heavy (non-hydrogen) atoms. The molecule has 0 heterocycles. The molecule has 0 saturated heterocycles. The first-order valence-electron chi connectivity index (χ1n) is 6.24. The van der Waals surface area contributed by atoms with Gasteiger partial charge in [-0.2, -0.15) is 0 Å². The lowest BCUT2D eigenvalue weighted by Crippen LogP contribution is -2.03. The second-order valence-electron chi connectivity index (χ2n) is 4.38. The molecule has 0 saturated carbocycles. The average molecular weight is 273 g/mol. The summed E-state index contributed by atoms with van der Waals surface area (Å²) in [6, 6.07) is 11.2. The van der Waals surface area contributed by atoms with Gasteiger partial charge in [-0.15, -0.1) is 0 Å². The van der Waals surface area contributed by atoms with Crippen LogP contribution in [0, 0.1) is 0 Å². The van der Waals surface area contributed by atoms with Crippen LogP contribution in [0.3, 0.4) is 0 Å². The Bertz CT molecular complexity index is 600. The number of hydrogen-bond donors (Lipinski definition) is 3. The maximum Gasteiger partial charge on any atom is 0.127 e. The van der Waals surface area contributed by atoms with Crippen LogP contribution in [0.25, 0.3) is 0 Å². The SMILES string of the molecule is COc1ccc(CNc2ccc(N)c(N)c2)c(OC)c1. The molecule has 2 aromatic rings. The highest BCUT2D eigenvalue weighted by atomic mass is 16.5. The summed E-state index contributed by atoms with van der Waals surface area (Å²) < 4.78 is 10.5. The quantitative estimate of drug-likeness (QED) is 0.729. The number of anilines is 3. The van der Waals surface area contributed by atoms with Crippen LogP contribution >= 0.6 is 0 Å². The molecule has 0 spiro atoms. The normalized spacial score (nSPS) is 10.1. The molecule has 5 nitrogen and oxygen atoms in total. The van der Waals surface area contributed by atoms with E-state index in [-0.39, 0.29) is 0 Å². The summed E-state index contributed by atoms with van der Waals surface area (Å²) in [6.07, 6.45) is 0. The number of nitrogens with one attached hydrogen (secondary N) is 1. The predicted octanol–water partition coefficient (Wildman–Crippen LogP) is 2.48. The summed E-state index contributed by atoms with van der Waals surface area (Å²) in [7, 11) is 3.27. The van der Waals surface area contributed by atoms with E-state index in [0.29, 0.717) is 17.9 Å². The second-order valence-corrected chi connectivity index (χ2v) is 4.38. The van der Waals surface area contributed by atoms with Gasteiger partial charge in [0.25, 0.3) is 0 Å². The number of benzene rings is 2. The molecule has 0 aliphatic heterocycles. The fourth-order valence-corrected chi connectivity index (χ4v) is 1.88. The topological polar surface area (TPSA) is 82.5 Å². The minimum atomic E-state index is 0.566. The molecular formula is C15H19N3O2. The Morgan fingerprint density at radius 2 is 1.75 bits per heavy atom. The predicted molar refractivity (Wildman–Crippen MR) is 82.1 cm³/mol. The number of nitrogen functional groups attached to an aromatic ring is 2. The van der Waals surface area contributed by atoms with Crippen LogP contribution in [-0.2, 0) is 6.54 Å². The fraction of sp³-hybridized carbons (Fsp3) is 0.200. The number of nitrogens with two attached hydrogens (primary N) is 2. The van der Waals surface area contributed by atoms with E-state index in [4.69, 9.17) is 20.9 Å². The number of hydrogen-bond acceptors (Lipinski definition) is 5. The molecule has 0 bridgehead atoms. The molecule has 0 aromatic heterocycles. The molecule has 0 amide bonds. The third-order valence-electron chi connectivity index (χ3n) is 3.06. The summed E-state index contributed by atoms with van der Waals surface area (Å²) in [5.74, 6) is 1.54. The van der Waals surface area contributed by atoms with Gasteiger partial charge in [-0.05, 0) is 30.3 Å². The van der Waals surface area contributed by atoms with Gasteiger partial charge in [-0.25, -0.2) is 0 Å². The van der Waals surface area contributed by atoms with Crippen molar-refractivity contribution in [1.82, 2.24) is 0 Å². The highest BCUT2D eigenvalue weighted by Gasteiger charge is 2.05. The van der Waals surface area contributed by atoms with Crippen molar-refractivity contribution in [3.05, 3.63) is 42.0 Å². The van der Waals surface area contributed by atoms with Crippen molar-refractivity contribution in [3.8, 4) is 11.5 Å². The van der Waals surface area contributed by atoms with Crippen molar-refractivity contribution in [2.75, 3.05) is 31.0 Å². The van der Waals surface area contributed by atoms with E-state index < -0.39 is 0 Å². The van der Waals surface area contributed by atoms with Crippen LogP contribution < -0.4 is 26.3 Å². The zero-order chi connectivity index (χ0) is 14.5. The maximum absolute atomic E-state index is 5.78. The summed E-state index contributed by atoms with van der Waals surface area (Å²) >= 11 is 0. The molecule has 5 heteroatoms. The summed E-state index contributed by atoms with van der Waals surface area (Å²) in [5, 5.41) is 3.28. The van der Waals surface area contributed by atoms with Gasteiger partial charge in [0.1, 0.15) is 11.5 Å². The largest absolute Gasteiger partial charge is 0.497 e. The minimum absolute atomic E-state index is 0.566. The van der Waals surface area contributed by atoms with E-state index in [2.05, 4.69) is 5.32 Å². The lowest BCUT2D eigenvalue weighted by Gasteiger charge is -2.12. The van der Waals surface area contributed by atoms with Crippen molar-refractivity contribution >= 4 is 17.1 Å². The van der Waals surface area contributed by atoms with Gasteiger partial charge in [0.15, 0.2) is 0 Å². The molecule has 2 aromatic carbocycles. The number of methoxy groups -OCH3 is 2. The van der Waals surface area contributed by atoms with Crippen molar-refractivity contribution in [3.63, 3.8) is 0 Å². The first-order chi connectivity index (χ1) is 9.63. The summed E-state index contributed by atoms with van der Waals surface area (Å²) in [4.78, 5) is 0. The third-order valence-corrected chi connectivity index (χ3v) is 3.06. The van der Waals surface area contributed by atoms with Crippen LogP contribution in [0.2, 0.25) is 0 Å². The van der Waals surface area contributed by atoms with E-state index in [1.807, 2.05) is 30.3 Å². The zero-order valence-corrected chi connectivity index (χ0v) is 11.6. The van der Waals surface area contributed by atoms with Gasteiger partial charge in [-0.1, -0.05) is 0 Å². The van der Waals surface area contributed by atoms with Crippen LogP contribution in [0.5, 0.6) is 11.5 Å². The Morgan fingerprint density at radius 3 is 2.40 bits per heavy atom. The summed E-state index contributed by atoms with van der Waals surface area (Å²) in [5.41, 5.74) is 14.6. The minimum Gasteiger partial charge on any atom is -0.497 e. The Balaban J connectivity index is 2.12. The first-order valence-corrected chi connectivity index (χ1v) is 6.24. The van der Waals surface area contributed by atoms with Crippen LogP contribution in [0.4, 0.5) is 17.1 Å². The maximum atomic E-state index is 5.78. The molecule has 106 valence electrons. The van der Waals surface area contributed by atoms with Gasteiger partial charge in [0.2, 0.25) is 0 Å². The van der Waals surface area contributed by atoms with Gasteiger partial charge >= 0.3 is 0 Å². The van der Waals surface area contributed by atoms with E-state index in [9.17, 15) is 0 Å². The fourth-order valence-electron chi connectivity index (χ4n) is 1.88. The van der Waals surface area contributed by atoms with Gasteiger partial charge in [0, 0.05) is 23.9 Å². The lowest BCUT2D eigenvalue weighted by atomic mass is 10.1. The van der Waals surface area contributed by atoms with Crippen molar-refractivity contribution < 1.29 is 9.47 Å². The lowest BCUT2D eigenvalue weighted by molar-refractivity contribution is 0.391.